The van der Waals surface area contributed by atoms with Crippen LogP contribution in [0.3, 0.4) is 0 Å². The Labute approximate surface area is 152 Å². The van der Waals surface area contributed by atoms with Gasteiger partial charge >= 0.3 is 0 Å². The molecule has 0 unspecified atom stereocenters. The first-order chi connectivity index (χ1) is 12.4. The number of halogens is 1. The van der Waals surface area contributed by atoms with Crippen LogP contribution in [0.15, 0.2) is 53.4 Å². The minimum absolute atomic E-state index is 0.0227. The van der Waals surface area contributed by atoms with Crippen molar-refractivity contribution in [3.63, 3.8) is 0 Å². The van der Waals surface area contributed by atoms with Gasteiger partial charge in [-0.2, -0.15) is 4.31 Å². The van der Waals surface area contributed by atoms with Gasteiger partial charge in [0.05, 0.1) is 13.7 Å². The van der Waals surface area contributed by atoms with Crippen LogP contribution >= 0.6 is 0 Å². The van der Waals surface area contributed by atoms with E-state index in [2.05, 4.69) is 5.32 Å². The van der Waals surface area contributed by atoms with Crippen LogP contribution in [-0.2, 0) is 21.4 Å². The fraction of sp³-hybridized carbons (Fsp3) is 0.278. The second-order valence-corrected chi connectivity index (χ2v) is 7.40. The lowest BCUT2D eigenvalue weighted by molar-refractivity contribution is -0.121. The number of benzene rings is 2. The minimum Gasteiger partial charge on any atom is -0.495 e. The van der Waals surface area contributed by atoms with E-state index in [1.54, 1.807) is 6.92 Å². The molecule has 0 aliphatic rings. The third-order valence-corrected chi connectivity index (χ3v) is 5.69. The topological polar surface area (TPSA) is 75.7 Å². The number of ether oxygens (including phenoxy) is 1. The van der Waals surface area contributed by atoms with E-state index in [1.807, 2.05) is 30.3 Å². The summed E-state index contributed by atoms with van der Waals surface area (Å²) in [7, 11) is -2.79. The molecule has 0 aliphatic heterocycles. The second kappa shape index (κ2) is 8.77. The summed E-state index contributed by atoms with van der Waals surface area (Å²) in [6.45, 7) is 1.58. The van der Waals surface area contributed by atoms with Crippen LogP contribution in [0.5, 0.6) is 5.75 Å². The molecule has 0 heterocycles. The van der Waals surface area contributed by atoms with Crippen molar-refractivity contribution in [3.05, 3.63) is 59.9 Å². The summed E-state index contributed by atoms with van der Waals surface area (Å²) in [5, 5.41) is 2.68. The number of hydrogen-bond acceptors (Lipinski definition) is 4. The molecule has 1 amide bonds. The second-order valence-electron chi connectivity index (χ2n) is 5.49. The average Bonchev–Trinajstić information content (AvgIpc) is 2.65. The summed E-state index contributed by atoms with van der Waals surface area (Å²) in [6.07, 6.45) is 0. The number of hydrogen-bond donors (Lipinski definition) is 1. The molecular formula is C18H21FN2O4S. The highest BCUT2D eigenvalue weighted by Gasteiger charge is 2.28. The number of nitrogens with one attached hydrogen (secondary N) is 1. The molecule has 0 saturated heterocycles. The summed E-state index contributed by atoms with van der Waals surface area (Å²) in [4.78, 5) is 11.9. The Balaban J connectivity index is 2.14. The van der Waals surface area contributed by atoms with E-state index in [0.29, 0.717) is 6.54 Å². The number of amides is 1. The smallest absolute Gasteiger partial charge is 0.247 e. The van der Waals surface area contributed by atoms with Crippen LogP contribution in [0.4, 0.5) is 4.39 Å². The molecule has 0 spiro atoms. The number of rotatable bonds is 8. The largest absolute Gasteiger partial charge is 0.495 e. The third-order valence-electron chi connectivity index (χ3n) is 3.75. The molecule has 0 aliphatic carbocycles. The molecule has 0 fully saturated rings. The molecular weight excluding hydrogens is 359 g/mol. The van der Waals surface area contributed by atoms with E-state index in [1.165, 1.54) is 13.2 Å². The monoisotopic (exact) mass is 380 g/mol. The van der Waals surface area contributed by atoms with Crippen LogP contribution in [0.25, 0.3) is 0 Å². The highest BCUT2D eigenvalue weighted by Crippen LogP contribution is 2.27. The van der Waals surface area contributed by atoms with Crippen molar-refractivity contribution < 1.29 is 22.3 Å². The molecule has 8 heteroatoms. The van der Waals surface area contributed by atoms with Crippen molar-refractivity contribution in [2.75, 3.05) is 20.2 Å². The Morgan fingerprint density at radius 2 is 1.88 bits per heavy atom. The molecule has 0 atom stereocenters. The van der Waals surface area contributed by atoms with Gasteiger partial charge in [0.25, 0.3) is 0 Å². The zero-order chi connectivity index (χ0) is 19.2. The highest BCUT2D eigenvalue weighted by atomic mass is 32.2. The van der Waals surface area contributed by atoms with Crippen molar-refractivity contribution in [2.24, 2.45) is 0 Å². The van der Waals surface area contributed by atoms with Crippen LogP contribution in [0.1, 0.15) is 12.5 Å². The molecule has 140 valence electrons. The molecule has 0 saturated carbocycles. The lowest BCUT2D eigenvalue weighted by atomic mass is 10.2. The quantitative estimate of drug-likeness (QED) is 0.762. The van der Waals surface area contributed by atoms with E-state index in [4.69, 9.17) is 4.74 Å². The van der Waals surface area contributed by atoms with Crippen LogP contribution in [0.2, 0.25) is 0 Å². The van der Waals surface area contributed by atoms with Crippen LogP contribution < -0.4 is 10.1 Å². The summed E-state index contributed by atoms with van der Waals surface area (Å²) in [5.41, 5.74) is 0.901. The maximum absolute atomic E-state index is 13.5. The van der Waals surface area contributed by atoms with Gasteiger partial charge in [-0.05, 0) is 23.8 Å². The predicted molar refractivity (Wildman–Crippen MR) is 95.7 cm³/mol. The van der Waals surface area contributed by atoms with Gasteiger partial charge in [-0.15, -0.1) is 0 Å². The molecule has 2 aromatic rings. The average molecular weight is 380 g/mol. The zero-order valence-corrected chi connectivity index (χ0v) is 15.4. The molecule has 0 radical (unpaired) electrons. The van der Waals surface area contributed by atoms with Gasteiger partial charge in [-0.1, -0.05) is 37.3 Å². The lowest BCUT2D eigenvalue weighted by Gasteiger charge is -2.21. The molecule has 1 N–H and O–H groups in total. The van der Waals surface area contributed by atoms with E-state index in [0.717, 1.165) is 22.0 Å². The van der Waals surface area contributed by atoms with Gasteiger partial charge in [0.15, 0.2) is 0 Å². The normalized spacial score (nSPS) is 11.4. The predicted octanol–water partition coefficient (Wildman–Crippen LogP) is 2.16. The first-order valence-electron chi connectivity index (χ1n) is 8.02. The van der Waals surface area contributed by atoms with Gasteiger partial charge in [-0.25, -0.2) is 12.8 Å². The summed E-state index contributed by atoms with van der Waals surface area (Å²) in [5.74, 6) is -1.13. The van der Waals surface area contributed by atoms with E-state index in [-0.39, 0.29) is 23.7 Å². The first-order valence-corrected chi connectivity index (χ1v) is 9.46. The van der Waals surface area contributed by atoms with Crippen molar-refractivity contribution in [2.45, 2.75) is 18.4 Å². The number of carbonyl (C=O) groups is 1. The fourth-order valence-electron chi connectivity index (χ4n) is 2.37. The van der Waals surface area contributed by atoms with E-state index < -0.39 is 21.7 Å². The molecule has 0 aromatic heterocycles. The van der Waals surface area contributed by atoms with Gasteiger partial charge in [0.1, 0.15) is 16.5 Å². The van der Waals surface area contributed by atoms with Crippen molar-refractivity contribution >= 4 is 15.9 Å². The summed E-state index contributed by atoms with van der Waals surface area (Å²) < 4.78 is 45.1. The zero-order valence-electron chi connectivity index (χ0n) is 14.6. The standard InChI is InChI=1S/C18H21FN2O4S/c1-3-21(13-18(22)20-12-14-7-5-4-6-8-14)26(23,24)17-11-15(19)9-10-16(17)25-2/h4-11H,3,12-13H2,1-2H3,(H,20,22). The van der Waals surface area contributed by atoms with Crippen molar-refractivity contribution in [1.29, 1.82) is 0 Å². The molecule has 0 bridgehead atoms. The lowest BCUT2D eigenvalue weighted by Crippen LogP contribution is -2.40. The maximum atomic E-state index is 13.5. The van der Waals surface area contributed by atoms with Crippen molar-refractivity contribution in [1.82, 2.24) is 9.62 Å². The highest BCUT2D eigenvalue weighted by molar-refractivity contribution is 7.89. The number of methoxy groups -OCH3 is 1. The Morgan fingerprint density at radius 3 is 2.50 bits per heavy atom. The van der Waals surface area contributed by atoms with E-state index in [9.17, 15) is 17.6 Å². The third kappa shape index (κ3) is 4.80. The Kier molecular flexibility index (Phi) is 6.70. The molecule has 26 heavy (non-hydrogen) atoms. The van der Waals surface area contributed by atoms with Gasteiger partial charge in [0.2, 0.25) is 15.9 Å². The van der Waals surface area contributed by atoms with Crippen LogP contribution in [0, 0.1) is 5.82 Å². The Hall–Kier alpha value is -2.45. The fourth-order valence-corrected chi connectivity index (χ4v) is 3.94. The van der Waals surface area contributed by atoms with Gasteiger partial charge in [-0.3, -0.25) is 4.79 Å². The van der Waals surface area contributed by atoms with Gasteiger partial charge < -0.3 is 10.1 Å². The summed E-state index contributed by atoms with van der Waals surface area (Å²) in [6, 6.07) is 12.5. The molecule has 2 aromatic carbocycles. The maximum Gasteiger partial charge on any atom is 0.247 e. The first kappa shape index (κ1) is 19.9. The summed E-state index contributed by atoms with van der Waals surface area (Å²) >= 11 is 0. The minimum atomic E-state index is -4.09. The molecule has 2 rings (SSSR count). The molecule has 6 nitrogen and oxygen atoms in total. The number of nitrogens with zero attached hydrogens (tertiary/aromatic N) is 1. The number of carbonyl (C=O) groups excluding carboxylic acids is 1. The van der Waals surface area contributed by atoms with Crippen molar-refractivity contribution in [3.8, 4) is 5.75 Å². The Morgan fingerprint density at radius 1 is 1.19 bits per heavy atom. The van der Waals surface area contributed by atoms with E-state index >= 15 is 0 Å². The number of likely N-dealkylation sites (N-methyl/N-ethyl adjacent to an activating group) is 1. The Bertz CT molecular complexity index is 857. The van der Waals surface area contributed by atoms with Gasteiger partial charge in [0, 0.05) is 13.1 Å². The number of sulfonamides is 1. The van der Waals surface area contributed by atoms with Crippen LogP contribution in [-0.4, -0.2) is 38.8 Å². The SMILES string of the molecule is CCN(CC(=O)NCc1ccccc1)S(=O)(=O)c1cc(F)ccc1OC.